The van der Waals surface area contributed by atoms with Gasteiger partial charge in [-0.25, -0.2) is 9.78 Å². The van der Waals surface area contributed by atoms with E-state index in [-0.39, 0.29) is 5.56 Å². The van der Waals surface area contributed by atoms with E-state index < -0.39 is 5.97 Å². The lowest BCUT2D eigenvalue weighted by atomic mass is 10.1. The van der Waals surface area contributed by atoms with Crippen LogP contribution >= 0.6 is 11.6 Å². The third-order valence-electron chi connectivity index (χ3n) is 2.78. The maximum Gasteiger partial charge on any atom is 0.337 e. The number of aromatic nitrogens is 1. The van der Waals surface area contributed by atoms with E-state index >= 15 is 0 Å². The molecule has 5 nitrogen and oxygen atoms in total. The third kappa shape index (κ3) is 3.93. The monoisotopic (exact) mass is 307 g/mol. The Hall–Kier alpha value is -2.11. The highest BCUT2D eigenvalue weighted by molar-refractivity contribution is 6.30. The molecule has 0 aliphatic rings. The number of carboxylic acid groups (broad SMARTS) is 1. The van der Waals surface area contributed by atoms with Crippen molar-refractivity contribution in [3.63, 3.8) is 0 Å². The molecule has 0 saturated heterocycles. The summed E-state index contributed by atoms with van der Waals surface area (Å²) < 4.78 is 10.5. The lowest BCUT2D eigenvalue weighted by molar-refractivity contribution is 0.0696. The number of halogens is 1. The molecule has 0 amide bonds. The smallest absolute Gasteiger partial charge is 0.337 e. The number of hydrogen-bond donors (Lipinski definition) is 1. The summed E-state index contributed by atoms with van der Waals surface area (Å²) in [6.45, 7) is 0.749. The van der Waals surface area contributed by atoms with Gasteiger partial charge in [0.25, 0.3) is 0 Å². The quantitative estimate of drug-likeness (QED) is 0.830. The van der Waals surface area contributed by atoms with Gasteiger partial charge in [0.05, 0.1) is 12.2 Å². The van der Waals surface area contributed by atoms with Crippen molar-refractivity contribution in [1.29, 1.82) is 0 Å². The normalized spacial score (nSPS) is 10.4. The molecule has 110 valence electrons. The average molecular weight is 308 g/mol. The number of nitrogens with zero attached hydrogens (tertiary/aromatic N) is 1. The molecule has 2 aromatic rings. The number of carboxylic acids is 1. The number of pyridine rings is 1. The van der Waals surface area contributed by atoms with Crippen LogP contribution in [0, 0.1) is 0 Å². The summed E-state index contributed by atoms with van der Waals surface area (Å²) in [4.78, 5) is 15.2. The number of hydrogen-bond acceptors (Lipinski definition) is 4. The maximum absolute atomic E-state index is 11.1. The Morgan fingerprint density at radius 1 is 1.29 bits per heavy atom. The number of carbonyl (C=O) groups is 1. The van der Waals surface area contributed by atoms with Crippen molar-refractivity contribution in [3.05, 3.63) is 47.1 Å². The zero-order chi connectivity index (χ0) is 15.2. The van der Waals surface area contributed by atoms with E-state index in [9.17, 15) is 4.79 Å². The molecule has 0 bridgehead atoms. The Balaban J connectivity index is 2.40. The van der Waals surface area contributed by atoms with Crippen LogP contribution in [0.3, 0.4) is 0 Å². The van der Waals surface area contributed by atoms with Crippen molar-refractivity contribution in [3.8, 4) is 17.0 Å². The van der Waals surface area contributed by atoms with Crippen molar-refractivity contribution < 1.29 is 19.4 Å². The second kappa shape index (κ2) is 7.06. The Labute approximate surface area is 127 Å². The molecular weight excluding hydrogens is 294 g/mol. The second-order valence-corrected chi connectivity index (χ2v) is 4.67. The average Bonchev–Trinajstić information content (AvgIpc) is 2.48. The maximum atomic E-state index is 11.1. The van der Waals surface area contributed by atoms with Gasteiger partial charge in [-0.3, -0.25) is 0 Å². The number of benzene rings is 1. The largest absolute Gasteiger partial charge is 0.478 e. The molecule has 21 heavy (non-hydrogen) atoms. The first-order valence-corrected chi connectivity index (χ1v) is 6.60. The van der Waals surface area contributed by atoms with Gasteiger partial charge < -0.3 is 14.6 Å². The van der Waals surface area contributed by atoms with E-state index in [1.807, 2.05) is 0 Å². The van der Waals surface area contributed by atoms with Crippen LogP contribution in [-0.4, -0.2) is 36.4 Å². The van der Waals surface area contributed by atoms with Crippen molar-refractivity contribution in [2.24, 2.45) is 0 Å². The van der Waals surface area contributed by atoms with Crippen LogP contribution in [0.4, 0.5) is 0 Å². The molecule has 0 aliphatic heterocycles. The number of methoxy groups -OCH3 is 1. The molecule has 1 aromatic heterocycles. The Kier molecular flexibility index (Phi) is 5.14. The molecule has 1 heterocycles. The summed E-state index contributed by atoms with van der Waals surface area (Å²) in [5, 5.41) is 9.68. The van der Waals surface area contributed by atoms with Crippen molar-refractivity contribution in [2.45, 2.75) is 0 Å². The highest BCUT2D eigenvalue weighted by Gasteiger charge is 2.13. The van der Waals surface area contributed by atoms with E-state index in [1.165, 1.54) is 12.3 Å². The Bertz CT molecular complexity index is 628. The third-order valence-corrected chi connectivity index (χ3v) is 3.03. The SMILES string of the molecule is COCCOc1ncc(C(=O)O)cc1-c1ccc(Cl)cc1. The zero-order valence-electron chi connectivity index (χ0n) is 11.4. The summed E-state index contributed by atoms with van der Waals surface area (Å²) in [5.41, 5.74) is 1.48. The van der Waals surface area contributed by atoms with E-state index in [1.54, 1.807) is 31.4 Å². The molecule has 6 heteroatoms. The molecule has 0 fully saturated rings. The predicted molar refractivity (Wildman–Crippen MR) is 79.0 cm³/mol. The summed E-state index contributed by atoms with van der Waals surface area (Å²) in [5.74, 6) is -0.680. The fourth-order valence-electron chi connectivity index (χ4n) is 1.74. The number of ether oxygens (including phenoxy) is 2. The first-order chi connectivity index (χ1) is 10.1. The van der Waals surface area contributed by atoms with Gasteiger partial charge in [0.1, 0.15) is 6.61 Å². The highest BCUT2D eigenvalue weighted by atomic mass is 35.5. The fourth-order valence-corrected chi connectivity index (χ4v) is 1.87. The van der Waals surface area contributed by atoms with Gasteiger partial charge in [0.15, 0.2) is 0 Å². The van der Waals surface area contributed by atoms with Crippen LogP contribution in [0.2, 0.25) is 5.02 Å². The first-order valence-electron chi connectivity index (χ1n) is 6.23. The Morgan fingerprint density at radius 3 is 2.62 bits per heavy atom. The van der Waals surface area contributed by atoms with Gasteiger partial charge in [-0.05, 0) is 23.8 Å². The van der Waals surface area contributed by atoms with Crippen LogP contribution in [-0.2, 0) is 4.74 Å². The van der Waals surface area contributed by atoms with Gasteiger partial charge in [-0.15, -0.1) is 0 Å². The molecule has 0 spiro atoms. The molecule has 0 saturated carbocycles. The summed E-state index contributed by atoms with van der Waals surface area (Å²) in [6.07, 6.45) is 1.27. The highest BCUT2D eigenvalue weighted by Crippen LogP contribution is 2.30. The molecule has 0 unspecified atom stereocenters. The fraction of sp³-hybridized carbons (Fsp3) is 0.200. The number of rotatable bonds is 6. The molecule has 2 rings (SSSR count). The second-order valence-electron chi connectivity index (χ2n) is 4.23. The molecule has 0 radical (unpaired) electrons. The van der Waals surface area contributed by atoms with Gasteiger partial charge in [0, 0.05) is 23.9 Å². The molecule has 0 aliphatic carbocycles. The van der Waals surface area contributed by atoms with Crippen molar-refractivity contribution >= 4 is 17.6 Å². The van der Waals surface area contributed by atoms with Crippen LogP contribution in [0.15, 0.2) is 36.5 Å². The van der Waals surface area contributed by atoms with Crippen molar-refractivity contribution in [2.75, 3.05) is 20.3 Å². The van der Waals surface area contributed by atoms with Crippen LogP contribution in [0.25, 0.3) is 11.1 Å². The summed E-state index contributed by atoms with van der Waals surface area (Å²) in [6, 6.07) is 8.55. The first kappa shape index (κ1) is 15.3. The van der Waals surface area contributed by atoms with Crippen LogP contribution in [0.1, 0.15) is 10.4 Å². The molecule has 1 aromatic carbocycles. The topological polar surface area (TPSA) is 68.7 Å². The minimum atomic E-state index is -1.04. The van der Waals surface area contributed by atoms with E-state index in [0.717, 1.165) is 5.56 Å². The lowest BCUT2D eigenvalue weighted by Crippen LogP contribution is -2.07. The molecule has 1 N–H and O–H groups in total. The molecular formula is C15H14ClNO4. The van der Waals surface area contributed by atoms with Crippen LogP contribution < -0.4 is 4.74 Å². The van der Waals surface area contributed by atoms with Crippen molar-refractivity contribution in [1.82, 2.24) is 4.98 Å². The van der Waals surface area contributed by atoms with Crippen LogP contribution in [0.5, 0.6) is 5.88 Å². The minimum Gasteiger partial charge on any atom is -0.478 e. The minimum absolute atomic E-state index is 0.0963. The predicted octanol–water partition coefficient (Wildman–Crippen LogP) is 3.13. The van der Waals surface area contributed by atoms with Gasteiger partial charge in [-0.2, -0.15) is 0 Å². The zero-order valence-corrected chi connectivity index (χ0v) is 12.1. The standard InChI is InChI=1S/C15H14ClNO4/c1-20-6-7-21-14-13(8-11(9-17-14)15(18)19)10-2-4-12(16)5-3-10/h2-5,8-9H,6-7H2,1H3,(H,18,19). The number of aromatic carboxylic acids is 1. The molecule has 0 atom stereocenters. The Morgan fingerprint density at radius 2 is 2.00 bits per heavy atom. The van der Waals surface area contributed by atoms with E-state index in [0.29, 0.717) is 29.7 Å². The van der Waals surface area contributed by atoms with Gasteiger partial charge in [0.2, 0.25) is 5.88 Å². The van der Waals surface area contributed by atoms with E-state index in [4.69, 9.17) is 26.2 Å². The lowest BCUT2D eigenvalue weighted by Gasteiger charge is -2.11. The summed E-state index contributed by atoms with van der Waals surface area (Å²) in [7, 11) is 1.57. The van der Waals surface area contributed by atoms with Gasteiger partial charge >= 0.3 is 5.97 Å². The summed E-state index contributed by atoms with van der Waals surface area (Å²) >= 11 is 5.87. The van der Waals surface area contributed by atoms with Gasteiger partial charge in [-0.1, -0.05) is 23.7 Å². The van der Waals surface area contributed by atoms with E-state index in [2.05, 4.69) is 4.98 Å².